The number of carboxylic acids is 1. The molecule has 0 unspecified atom stereocenters. The Balaban J connectivity index is 2.29. The third-order valence-corrected chi connectivity index (χ3v) is 4.55. The number of hydrogen-bond acceptors (Lipinski definition) is 5. The molecule has 1 aliphatic heterocycles. The number of carboxylic acid groups (broad SMARTS) is 1. The zero-order valence-corrected chi connectivity index (χ0v) is 15.7. The minimum atomic E-state index is -0.801. The average molecular weight is 370 g/mol. The van der Waals surface area contributed by atoms with E-state index in [-0.39, 0.29) is 12.5 Å². The van der Waals surface area contributed by atoms with Crippen molar-refractivity contribution in [3.63, 3.8) is 0 Å². The van der Waals surface area contributed by atoms with Gasteiger partial charge in [-0.3, -0.25) is 4.79 Å². The molecule has 0 radical (unpaired) electrons. The Kier molecular flexibility index (Phi) is 11.4. The van der Waals surface area contributed by atoms with E-state index in [4.69, 9.17) is 9.84 Å². The quantitative estimate of drug-likeness (QED) is 0.293. The van der Waals surface area contributed by atoms with Crippen LogP contribution in [0.3, 0.4) is 0 Å². The van der Waals surface area contributed by atoms with Gasteiger partial charge in [-0.2, -0.15) is 0 Å². The second kappa shape index (κ2) is 13.0. The predicted molar refractivity (Wildman–Crippen MR) is 99.8 cm³/mol. The van der Waals surface area contributed by atoms with Crippen LogP contribution in [0, 0.1) is 0 Å². The van der Waals surface area contributed by atoms with Crippen molar-refractivity contribution in [1.29, 1.82) is 0 Å². The third-order valence-electron chi connectivity index (χ3n) is 4.55. The van der Waals surface area contributed by atoms with Crippen LogP contribution in [0.5, 0.6) is 0 Å². The van der Waals surface area contributed by atoms with Crippen LogP contribution in [0.2, 0.25) is 0 Å². The van der Waals surface area contributed by atoms with Gasteiger partial charge in [-0.25, -0.2) is 0 Å². The van der Waals surface area contributed by atoms with Crippen LogP contribution in [-0.4, -0.2) is 56.9 Å². The molecule has 5 atom stereocenters. The van der Waals surface area contributed by atoms with Gasteiger partial charge in [0.15, 0.2) is 0 Å². The maximum atomic E-state index is 10.4. The fraction of sp³-hybridized carbons (Fsp3) is 0.750. The molecule has 0 aliphatic carbocycles. The summed E-state index contributed by atoms with van der Waals surface area (Å²) >= 11 is 0. The second-order valence-corrected chi connectivity index (χ2v) is 6.95. The Hall–Kier alpha value is -1.21. The van der Waals surface area contributed by atoms with Crippen molar-refractivity contribution in [2.45, 2.75) is 95.2 Å². The van der Waals surface area contributed by atoms with Gasteiger partial charge < -0.3 is 25.2 Å². The molecule has 6 nitrogen and oxygen atoms in total. The highest BCUT2D eigenvalue weighted by Crippen LogP contribution is 2.26. The fourth-order valence-electron chi connectivity index (χ4n) is 2.97. The van der Waals surface area contributed by atoms with Gasteiger partial charge in [-0.05, 0) is 25.7 Å². The van der Waals surface area contributed by atoms with E-state index in [1.54, 1.807) is 12.2 Å². The first-order valence-corrected chi connectivity index (χ1v) is 9.68. The maximum Gasteiger partial charge on any atom is 0.303 e. The minimum absolute atomic E-state index is 0.148. The van der Waals surface area contributed by atoms with Gasteiger partial charge in [-0.15, -0.1) is 0 Å². The topological polar surface area (TPSA) is 107 Å². The van der Waals surface area contributed by atoms with E-state index >= 15 is 0 Å². The molecule has 1 fully saturated rings. The molecule has 1 aliphatic rings. The van der Waals surface area contributed by atoms with E-state index < -0.39 is 30.4 Å². The van der Waals surface area contributed by atoms with Gasteiger partial charge in [-0.1, -0.05) is 50.5 Å². The lowest BCUT2D eigenvalue weighted by Gasteiger charge is -2.18. The van der Waals surface area contributed by atoms with Crippen molar-refractivity contribution in [1.82, 2.24) is 0 Å². The van der Waals surface area contributed by atoms with E-state index in [0.29, 0.717) is 32.1 Å². The summed E-state index contributed by atoms with van der Waals surface area (Å²) < 4.78 is 5.73. The first-order chi connectivity index (χ1) is 12.4. The van der Waals surface area contributed by atoms with E-state index in [9.17, 15) is 20.1 Å². The zero-order valence-electron chi connectivity index (χ0n) is 15.7. The lowest BCUT2D eigenvalue weighted by molar-refractivity contribution is -0.137. The normalized spacial score (nSPS) is 25.9. The van der Waals surface area contributed by atoms with Gasteiger partial charge in [0.2, 0.25) is 0 Å². The molecular weight excluding hydrogens is 336 g/mol. The highest BCUT2D eigenvalue weighted by Gasteiger charge is 2.36. The Bertz CT molecular complexity index is 448. The second-order valence-electron chi connectivity index (χ2n) is 6.95. The van der Waals surface area contributed by atoms with E-state index in [0.717, 1.165) is 19.3 Å². The predicted octanol–water partition coefficient (Wildman–Crippen LogP) is 2.56. The van der Waals surface area contributed by atoms with Crippen LogP contribution in [0.4, 0.5) is 0 Å². The Labute approximate surface area is 156 Å². The average Bonchev–Trinajstić information content (AvgIpc) is 2.97. The number of aliphatic hydroxyl groups excluding tert-OH is 3. The van der Waals surface area contributed by atoms with Crippen LogP contribution in [0.1, 0.15) is 64.7 Å². The smallest absolute Gasteiger partial charge is 0.303 e. The molecule has 0 bridgehead atoms. The first-order valence-electron chi connectivity index (χ1n) is 9.68. The van der Waals surface area contributed by atoms with Crippen molar-refractivity contribution < 1.29 is 30.0 Å². The SMILES string of the molecule is CCCCC[C@@H](O)[C@H]1C[C@H](O)[C@H](/C=C/[C@H](O)C/C=C\CCCC(=O)O)O1. The molecule has 0 spiro atoms. The van der Waals surface area contributed by atoms with E-state index in [1.165, 1.54) is 0 Å². The molecule has 150 valence electrons. The Morgan fingerprint density at radius 2 is 2.00 bits per heavy atom. The number of ether oxygens (including phenoxy) is 1. The van der Waals surface area contributed by atoms with Gasteiger partial charge in [0.1, 0.15) is 6.10 Å². The van der Waals surface area contributed by atoms with E-state index in [1.807, 2.05) is 12.2 Å². The number of aliphatic carboxylic acids is 1. The van der Waals surface area contributed by atoms with Crippen LogP contribution < -0.4 is 0 Å². The summed E-state index contributed by atoms with van der Waals surface area (Å²) in [6.07, 6.45) is 10.2. The summed E-state index contributed by atoms with van der Waals surface area (Å²) in [7, 11) is 0. The summed E-state index contributed by atoms with van der Waals surface area (Å²) in [5, 5.41) is 38.7. The lowest BCUT2D eigenvalue weighted by Crippen LogP contribution is -2.26. The third kappa shape index (κ3) is 9.48. The molecule has 26 heavy (non-hydrogen) atoms. The van der Waals surface area contributed by atoms with Gasteiger partial charge >= 0.3 is 5.97 Å². The van der Waals surface area contributed by atoms with Crippen molar-refractivity contribution in [3.05, 3.63) is 24.3 Å². The van der Waals surface area contributed by atoms with Crippen molar-refractivity contribution >= 4 is 5.97 Å². The molecular formula is C20H34O6. The van der Waals surface area contributed by atoms with Crippen LogP contribution in [0.25, 0.3) is 0 Å². The molecule has 0 amide bonds. The summed E-state index contributed by atoms with van der Waals surface area (Å²) in [6, 6.07) is 0. The number of hydrogen-bond donors (Lipinski definition) is 4. The number of rotatable bonds is 13. The first kappa shape index (κ1) is 22.8. The number of allylic oxidation sites excluding steroid dienone is 1. The summed E-state index contributed by atoms with van der Waals surface area (Å²) in [5.41, 5.74) is 0. The highest BCUT2D eigenvalue weighted by molar-refractivity contribution is 5.66. The van der Waals surface area contributed by atoms with E-state index in [2.05, 4.69) is 6.92 Å². The molecule has 1 heterocycles. The largest absolute Gasteiger partial charge is 0.481 e. The van der Waals surface area contributed by atoms with Crippen molar-refractivity contribution in [3.8, 4) is 0 Å². The molecule has 6 heteroatoms. The van der Waals surface area contributed by atoms with Crippen LogP contribution in [-0.2, 0) is 9.53 Å². The Morgan fingerprint density at radius 3 is 2.69 bits per heavy atom. The molecule has 4 N–H and O–H groups in total. The van der Waals surface area contributed by atoms with Crippen molar-refractivity contribution in [2.75, 3.05) is 0 Å². The summed E-state index contributed by atoms with van der Waals surface area (Å²) in [5.74, 6) is -0.801. The zero-order chi connectivity index (χ0) is 19.4. The highest BCUT2D eigenvalue weighted by atomic mass is 16.5. The molecule has 0 aromatic carbocycles. The number of carbonyl (C=O) groups is 1. The minimum Gasteiger partial charge on any atom is -0.481 e. The van der Waals surface area contributed by atoms with Gasteiger partial charge in [0, 0.05) is 12.8 Å². The molecule has 1 rings (SSSR count). The van der Waals surface area contributed by atoms with Gasteiger partial charge in [0.05, 0.1) is 24.4 Å². The number of unbranched alkanes of at least 4 members (excludes halogenated alkanes) is 3. The molecule has 1 saturated heterocycles. The Morgan fingerprint density at radius 1 is 1.23 bits per heavy atom. The molecule has 0 aromatic rings. The standard InChI is InChI=1S/C20H34O6/c1-2-3-6-10-16(22)19-14-17(23)18(26-19)13-12-15(21)9-7-4-5-8-11-20(24)25/h4,7,12-13,15-19,21-23H,2-3,5-6,8-11,14H2,1H3,(H,24,25)/b7-4-,13-12+/t15-,16-,17+,18+,19-/m1/s1. The monoisotopic (exact) mass is 370 g/mol. The van der Waals surface area contributed by atoms with Crippen LogP contribution in [0.15, 0.2) is 24.3 Å². The molecule has 0 saturated carbocycles. The summed E-state index contributed by atoms with van der Waals surface area (Å²) in [4.78, 5) is 10.4. The lowest BCUT2D eigenvalue weighted by atomic mass is 10.0. The summed E-state index contributed by atoms with van der Waals surface area (Å²) in [6.45, 7) is 2.11. The van der Waals surface area contributed by atoms with Crippen molar-refractivity contribution in [2.24, 2.45) is 0 Å². The van der Waals surface area contributed by atoms with Crippen LogP contribution >= 0.6 is 0 Å². The molecule has 0 aromatic heterocycles. The fourth-order valence-corrected chi connectivity index (χ4v) is 2.97. The number of aliphatic hydroxyl groups is 3. The maximum absolute atomic E-state index is 10.4. The van der Waals surface area contributed by atoms with Gasteiger partial charge in [0.25, 0.3) is 0 Å².